The second kappa shape index (κ2) is 10.2. The molecular formula is C19H17BrN4O6. The largest absolute Gasteiger partial charge is 0.473 e. The van der Waals surface area contributed by atoms with Gasteiger partial charge >= 0.3 is 11.9 Å². The summed E-state index contributed by atoms with van der Waals surface area (Å²) in [6.07, 6.45) is 1.71. The molecule has 0 aliphatic heterocycles. The van der Waals surface area contributed by atoms with Crippen molar-refractivity contribution < 1.29 is 24.7 Å². The summed E-state index contributed by atoms with van der Waals surface area (Å²) in [5, 5.41) is 29.0. The number of imidazole rings is 1. The van der Waals surface area contributed by atoms with Gasteiger partial charge in [-0.1, -0.05) is 40.2 Å². The van der Waals surface area contributed by atoms with E-state index in [-0.39, 0.29) is 5.69 Å². The summed E-state index contributed by atoms with van der Waals surface area (Å²) >= 11 is 3.45. The average Bonchev–Trinajstić information content (AvgIpc) is 3.07. The van der Waals surface area contributed by atoms with E-state index in [4.69, 9.17) is 19.8 Å². The van der Waals surface area contributed by atoms with E-state index < -0.39 is 16.9 Å². The van der Waals surface area contributed by atoms with Gasteiger partial charge in [0.1, 0.15) is 0 Å². The maximum Gasteiger partial charge on any atom is 0.414 e. The predicted molar refractivity (Wildman–Crippen MR) is 112 cm³/mol. The number of nitrogens with zero attached hydrogens (tertiary/aromatic N) is 3. The second-order valence-electron chi connectivity index (χ2n) is 5.93. The Balaban J connectivity index is 0.000000469. The molecule has 3 rings (SSSR count). The van der Waals surface area contributed by atoms with Crippen LogP contribution in [0.2, 0.25) is 0 Å². The number of rotatable bonds is 5. The summed E-state index contributed by atoms with van der Waals surface area (Å²) in [6, 6.07) is 14.6. The molecule has 1 aromatic heterocycles. The molecule has 0 unspecified atom stereocenters. The number of carboxylic acid groups (broad SMARTS) is 2. The third-order valence-corrected chi connectivity index (χ3v) is 4.36. The lowest BCUT2D eigenvalue weighted by atomic mass is 10.1. The van der Waals surface area contributed by atoms with Gasteiger partial charge in [-0.2, -0.15) is 0 Å². The molecule has 11 heteroatoms. The molecule has 0 atom stereocenters. The highest BCUT2D eigenvalue weighted by Crippen LogP contribution is 2.25. The third kappa shape index (κ3) is 6.14. The Morgan fingerprint density at radius 2 is 1.83 bits per heavy atom. The number of non-ortho nitro benzene ring substituents is 1. The number of hydrogen-bond donors (Lipinski definition) is 3. The van der Waals surface area contributed by atoms with Crippen molar-refractivity contribution in [3.8, 4) is 11.3 Å². The Hall–Kier alpha value is -3.73. The molecular weight excluding hydrogens is 460 g/mol. The van der Waals surface area contributed by atoms with Gasteiger partial charge in [0.25, 0.3) is 5.69 Å². The molecule has 10 nitrogen and oxygen atoms in total. The lowest BCUT2D eigenvalue weighted by Crippen LogP contribution is -2.09. The van der Waals surface area contributed by atoms with Crippen molar-refractivity contribution in [2.24, 2.45) is 7.05 Å². The Morgan fingerprint density at radius 1 is 1.17 bits per heavy atom. The number of nitro groups is 1. The van der Waals surface area contributed by atoms with Gasteiger partial charge in [-0.3, -0.25) is 10.1 Å². The highest BCUT2D eigenvalue weighted by molar-refractivity contribution is 9.10. The second-order valence-corrected chi connectivity index (χ2v) is 6.84. The molecule has 3 aromatic rings. The molecule has 2 aromatic carbocycles. The van der Waals surface area contributed by atoms with E-state index in [2.05, 4.69) is 26.2 Å². The number of benzene rings is 2. The molecule has 0 aliphatic carbocycles. The van der Waals surface area contributed by atoms with Gasteiger partial charge in [0.05, 0.1) is 16.8 Å². The number of aliphatic carboxylic acids is 2. The maximum atomic E-state index is 10.9. The SMILES string of the molecule is Cn1c(-c2cccc([N+](=O)[O-])c2)cnc1NCc1cccc(Br)c1.O=C(O)C(=O)O. The Bertz CT molecular complexity index is 1070. The number of hydrogen-bond acceptors (Lipinski definition) is 6. The van der Waals surface area contributed by atoms with Crippen molar-refractivity contribution in [2.45, 2.75) is 6.54 Å². The van der Waals surface area contributed by atoms with Crippen LogP contribution in [0, 0.1) is 10.1 Å². The van der Waals surface area contributed by atoms with E-state index in [0.29, 0.717) is 12.5 Å². The number of halogens is 1. The van der Waals surface area contributed by atoms with Gasteiger partial charge < -0.3 is 20.1 Å². The first-order valence-electron chi connectivity index (χ1n) is 8.40. The zero-order chi connectivity index (χ0) is 22.3. The molecule has 1 heterocycles. The van der Waals surface area contributed by atoms with Crippen LogP contribution >= 0.6 is 15.9 Å². The first-order chi connectivity index (χ1) is 14.2. The summed E-state index contributed by atoms with van der Waals surface area (Å²) in [6.45, 7) is 0.638. The summed E-state index contributed by atoms with van der Waals surface area (Å²) in [5.41, 5.74) is 2.77. The van der Waals surface area contributed by atoms with Crippen molar-refractivity contribution in [3.63, 3.8) is 0 Å². The summed E-state index contributed by atoms with van der Waals surface area (Å²) in [4.78, 5) is 33.1. The molecule has 30 heavy (non-hydrogen) atoms. The monoisotopic (exact) mass is 476 g/mol. The van der Waals surface area contributed by atoms with Crippen LogP contribution < -0.4 is 5.32 Å². The molecule has 0 saturated heterocycles. The summed E-state index contributed by atoms with van der Waals surface area (Å²) in [7, 11) is 1.88. The average molecular weight is 477 g/mol. The van der Waals surface area contributed by atoms with E-state index in [1.807, 2.05) is 41.9 Å². The third-order valence-electron chi connectivity index (χ3n) is 3.86. The maximum absolute atomic E-state index is 10.9. The molecule has 3 N–H and O–H groups in total. The predicted octanol–water partition coefficient (Wildman–Crippen LogP) is 3.53. The van der Waals surface area contributed by atoms with Crippen LogP contribution in [0.15, 0.2) is 59.2 Å². The van der Waals surface area contributed by atoms with E-state index in [1.54, 1.807) is 18.3 Å². The molecule has 156 valence electrons. The molecule has 0 fully saturated rings. The quantitative estimate of drug-likeness (QED) is 0.287. The number of carboxylic acids is 2. The lowest BCUT2D eigenvalue weighted by Gasteiger charge is -2.09. The molecule has 0 saturated carbocycles. The van der Waals surface area contributed by atoms with E-state index in [9.17, 15) is 10.1 Å². The van der Waals surface area contributed by atoms with Gasteiger partial charge in [-0.15, -0.1) is 0 Å². The van der Waals surface area contributed by atoms with Crippen LogP contribution in [0.3, 0.4) is 0 Å². The normalized spacial score (nSPS) is 9.93. The topological polar surface area (TPSA) is 148 Å². The minimum atomic E-state index is -1.82. The van der Waals surface area contributed by atoms with Crippen molar-refractivity contribution >= 4 is 39.5 Å². The number of anilines is 1. The first kappa shape index (κ1) is 22.6. The van der Waals surface area contributed by atoms with E-state index in [1.165, 1.54) is 6.07 Å². The molecule has 0 amide bonds. The highest BCUT2D eigenvalue weighted by atomic mass is 79.9. The van der Waals surface area contributed by atoms with Gasteiger partial charge in [-0.05, 0) is 17.7 Å². The minimum absolute atomic E-state index is 0.0670. The van der Waals surface area contributed by atoms with E-state index >= 15 is 0 Å². The number of nitrogens with one attached hydrogen (secondary N) is 1. The molecule has 0 aliphatic rings. The smallest absolute Gasteiger partial charge is 0.414 e. The van der Waals surface area contributed by atoms with Crippen molar-refractivity contribution in [1.82, 2.24) is 9.55 Å². The van der Waals surface area contributed by atoms with E-state index in [0.717, 1.165) is 21.3 Å². The van der Waals surface area contributed by atoms with Gasteiger partial charge in [0.15, 0.2) is 0 Å². The van der Waals surface area contributed by atoms with Gasteiger partial charge in [-0.25, -0.2) is 14.6 Å². The minimum Gasteiger partial charge on any atom is -0.473 e. The van der Waals surface area contributed by atoms with Crippen LogP contribution in [-0.2, 0) is 23.2 Å². The number of aromatic nitrogens is 2. The summed E-state index contributed by atoms with van der Waals surface area (Å²) < 4.78 is 2.91. The lowest BCUT2D eigenvalue weighted by molar-refractivity contribution is -0.384. The first-order valence-corrected chi connectivity index (χ1v) is 9.19. The molecule has 0 bridgehead atoms. The van der Waals surface area contributed by atoms with Crippen molar-refractivity contribution in [3.05, 3.63) is 74.9 Å². The zero-order valence-corrected chi connectivity index (χ0v) is 17.2. The van der Waals surface area contributed by atoms with Crippen LogP contribution in [-0.4, -0.2) is 36.6 Å². The fourth-order valence-electron chi connectivity index (χ4n) is 2.45. The van der Waals surface area contributed by atoms with Crippen LogP contribution in [0.25, 0.3) is 11.3 Å². The Labute approximate surface area is 179 Å². The zero-order valence-electron chi connectivity index (χ0n) is 15.7. The van der Waals surface area contributed by atoms with Crippen LogP contribution in [0.4, 0.5) is 11.6 Å². The van der Waals surface area contributed by atoms with Crippen molar-refractivity contribution in [1.29, 1.82) is 0 Å². The van der Waals surface area contributed by atoms with Crippen molar-refractivity contribution in [2.75, 3.05) is 5.32 Å². The Kier molecular flexibility index (Phi) is 7.64. The van der Waals surface area contributed by atoms with Gasteiger partial charge in [0.2, 0.25) is 5.95 Å². The number of nitro benzene ring substituents is 1. The van der Waals surface area contributed by atoms with Crippen LogP contribution in [0.1, 0.15) is 5.56 Å². The highest BCUT2D eigenvalue weighted by Gasteiger charge is 2.12. The van der Waals surface area contributed by atoms with Gasteiger partial charge in [0, 0.05) is 35.8 Å². The Morgan fingerprint density at radius 3 is 2.43 bits per heavy atom. The standard InChI is InChI=1S/C17H15BrN4O2.C2H2O4/c1-21-16(13-5-3-7-15(9-13)22(23)24)11-20-17(21)19-10-12-4-2-6-14(18)8-12;3-1(4)2(5)6/h2-9,11H,10H2,1H3,(H,19,20);(H,3,4)(H,5,6). The summed E-state index contributed by atoms with van der Waals surface area (Å²) in [5.74, 6) is -2.94. The molecule has 0 spiro atoms. The molecule has 0 radical (unpaired) electrons. The fraction of sp³-hybridized carbons (Fsp3) is 0.105. The fourth-order valence-corrected chi connectivity index (χ4v) is 2.90. The number of carbonyl (C=O) groups is 2. The van der Waals surface area contributed by atoms with Crippen LogP contribution in [0.5, 0.6) is 0 Å².